The Kier molecular flexibility index (Phi) is 6.56. The average molecular weight is 450 g/mol. The van der Waals surface area contributed by atoms with Gasteiger partial charge in [0, 0.05) is 16.6 Å². The molecular weight excluding hydrogens is 430 g/mol. The number of ether oxygens (including phenoxy) is 1. The number of ketones is 1. The molecule has 0 aliphatic carbocycles. The van der Waals surface area contributed by atoms with Gasteiger partial charge in [-0.3, -0.25) is 19.7 Å². The average Bonchev–Trinajstić information content (AvgIpc) is 2.60. The number of esters is 1. The Bertz CT molecular complexity index is 902. The van der Waals surface area contributed by atoms with Crippen molar-refractivity contribution in [3.8, 4) is 5.75 Å². The van der Waals surface area contributed by atoms with Crippen molar-refractivity contribution >= 4 is 33.4 Å². The number of aromatic hydroxyl groups is 1. The largest absolute Gasteiger partial charge is 0.507 e. The summed E-state index contributed by atoms with van der Waals surface area (Å²) in [7, 11) is 0. The molecule has 0 aliphatic rings. The molecule has 2 rings (SSSR count). The lowest BCUT2D eigenvalue weighted by atomic mass is 9.87. The van der Waals surface area contributed by atoms with Gasteiger partial charge in [0.05, 0.1) is 22.8 Å². The quantitative estimate of drug-likeness (QED) is 0.294. The van der Waals surface area contributed by atoms with Crippen molar-refractivity contribution in [2.75, 3.05) is 0 Å². The Morgan fingerprint density at radius 3 is 2.32 bits per heavy atom. The fraction of sp³-hybridized carbons (Fsp3) is 0.300. The van der Waals surface area contributed by atoms with E-state index in [1.54, 1.807) is 26.8 Å². The predicted octanol–water partition coefficient (Wildman–Crippen LogP) is 4.76. The molecule has 0 aromatic heterocycles. The molecule has 2 aromatic carbocycles. The number of non-ortho nitro benzene ring substituents is 1. The van der Waals surface area contributed by atoms with Crippen LogP contribution in [0, 0.1) is 10.1 Å². The molecule has 1 atom stereocenters. The third kappa shape index (κ3) is 5.63. The normalized spacial score (nSPS) is 12.3. The second-order valence-corrected chi connectivity index (χ2v) is 8.13. The highest BCUT2D eigenvalue weighted by Gasteiger charge is 2.29. The van der Waals surface area contributed by atoms with Crippen LogP contribution in [0.25, 0.3) is 0 Å². The zero-order chi connectivity index (χ0) is 21.1. The highest BCUT2D eigenvalue weighted by atomic mass is 79.9. The number of nitro benzene ring substituents is 1. The van der Waals surface area contributed by atoms with Crippen molar-refractivity contribution < 1.29 is 24.4 Å². The van der Waals surface area contributed by atoms with Crippen LogP contribution in [0.15, 0.2) is 46.9 Å². The Labute approximate surface area is 170 Å². The summed E-state index contributed by atoms with van der Waals surface area (Å²) in [5.41, 5.74) is -0.391. The molecule has 0 bridgehead atoms. The van der Waals surface area contributed by atoms with E-state index in [1.807, 2.05) is 0 Å². The summed E-state index contributed by atoms with van der Waals surface area (Å²) in [6, 6.07) is 9.82. The van der Waals surface area contributed by atoms with E-state index in [0.717, 1.165) is 0 Å². The minimum absolute atomic E-state index is 0.0429. The minimum atomic E-state index is -0.962. The molecular formula is C20H20BrNO6. The second-order valence-electron chi connectivity index (χ2n) is 7.22. The van der Waals surface area contributed by atoms with Crippen molar-refractivity contribution in [1.82, 2.24) is 0 Å². The highest BCUT2D eigenvalue weighted by molar-refractivity contribution is 9.10. The van der Waals surface area contributed by atoms with E-state index in [-0.39, 0.29) is 23.4 Å². The van der Waals surface area contributed by atoms with Crippen molar-refractivity contribution in [1.29, 1.82) is 0 Å². The van der Waals surface area contributed by atoms with Gasteiger partial charge < -0.3 is 9.84 Å². The van der Waals surface area contributed by atoms with Crippen LogP contribution in [-0.4, -0.2) is 27.4 Å². The van der Waals surface area contributed by atoms with Crippen molar-refractivity contribution in [3.05, 3.63) is 68.2 Å². The predicted molar refractivity (Wildman–Crippen MR) is 106 cm³/mol. The van der Waals surface area contributed by atoms with E-state index in [1.165, 1.54) is 36.4 Å². The lowest BCUT2D eigenvalue weighted by Gasteiger charge is -2.22. The number of phenols is 1. The molecule has 1 unspecified atom stereocenters. The van der Waals surface area contributed by atoms with E-state index >= 15 is 0 Å². The monoisotopic (exact) mass is 449 g/mol. The standard InChI is InChI=1S/C20H20BrNO6/c1-20(2,3)28-18(24)11-15(12-4-7-14(8-5-12)22(26)27)19(25)16-10-13(21)6-9-17(16)23/h4-10,15,23H,11H2,1-3H3. The van der Waals surface area contributed by atoms with E-state index < -0.39 is 28.2 Å². The van der Waals surface area contributed by atoms with Gasteiger partial charge in [0.2, 0.25) is 0 Å². The number of halogens is 1. The van der Waals surface area contributed by atoms with E-state index in [0.29, 0.717) is 10.0 Å². The molecule has 0 amide bonds. The fourth-order valence-corrected chi connectivity index (χ4v) is 2.99. The number of rotatable bonds is 6. The minimum Gasteiger partial charge on any atom is -0.507 e. The Balaban J connectivity index is 2.43. The summed E-state index contributed by atoms with van der Waals surface area (Å²) in [5, 5.41) is 21.0. The van der Waals surface area contributed by atoms with Gasteiger partial charge in [0.15, 0.2) is 5.78 Å². The Morgan fingerprint density at radius 2 is 1.79 bits per heavy atom. The maximum Gasteiger partial charge on any atom is 0.307 e. The number of nitrogens with zero attached hydrogens (tertiary/aromatic N) is 1. The van der Waals surface area contributed by atoms with Gasteiger partial charge in [-0.1, -0.05) is 28.1 Å². The summed E-state index contributed by atoms with van der Waals surface area (Å²) >= 11 is 3.26. The number of Topliss-reactive ketones (excluding diaryl/α,β-unsaturated/α-hetero) is 1. The third-order valence-corrected chi connectivity index (χ3v) is 4.33. The van der Waals surface area contributed by atoms with E-state index in [2.05, 4.69) is 15.9 Å². The van der Waals surface area contributed by atoms with Crippen LogP contribution >= 0.6 is 15.9 Å². The fourth-order valence-electron chi connectivity index (χ4n) is 2.63. The maximum atomic E-state index is 13.1. The third-order valence-electron chi connectivity index (χ3n) is 3.84. The molecule has 7 nitrogen and oxygen atoms in total. The van der Waals surface area contributed by atoms with Crippen molar-refractivity contribution in [2.24, 2.45) is 0 Å². The molecule has 8 heteroatoms. The van der Waals surface area contributed by atoms with Crippen LogP contribution in [0.4, 0.5) is 5.69 Å². The molecule has 28 heavy (non-hydrogen) atoms. The van der Waals surface area contributed by atoms with Gasteiger partial charge in [0.1, 0.15) is 11.4 Å². The Hall–Kier alpha value is -2.74. The van der Waals surface area contributed by atoms with Crippen LogP contribution < -0.4 is 0 Å². The number of carbonyl (C=O) groups is 2. The molecule has 0 spiro atoms. The molecule has 0 fully saturated rings. The van der Waals surface area contributed by atoms with Gasteiger partial charge in [0.25, 0.3) is 5.69 Å². The first kappa shape index (κ1) is 21.6. The number of hydrogen-bond donors (Lipinski definition) is 1. The first-order valence-corrected chi connectivity index (χ1v) is 9.26. The highest BCUT2D eigenvalue weighted by Crippen LogP contribution is 2.32. The first-order valence-electron chi connectivity index (χ1n) is 8.47. The van der Waals surface area contributed by atoms with Crippen LogP contribution in [0.1, 0.15) is 49.0 Å². The first-order chi connectivity index (χ1) is 13.0. The molecule has 0 saturated heterocycles. The van der Waals surface area contributed by atoms with E-state index in [4.69, 9.17) is 4.74 Å². The lowest BCUT2D eigenvalue weighted by Crippen LogP contribution is -2.26. The van der Waals surface area contributed by atoms with E-state index in [9.17, 15) is 24.8 Å². The number of hydrogen-bond acceptors (Lipinski definition) is 6. The van der Waals surface area contributed by atoms with Crippen LogP contribution in [0.5, 0.6) is 5.75 Å². The Morgan fingerprint density at radius 1 is 1.18 bits per heavy atom. The smallest absolute Gasteiger partial charge is 0.307 e. The number of phenolic OH excluding ortho intramolecular Hbond substituents is 1. The molecule has 0 saturated carbocycles. The van der Waals surface area contributed by atoms with Crippen LogP contribution in [-0.2, 0) is 9.53 Å². The van der Waals surface area contributed by atoms with Gasteiger partial charge in [-0.2, -0.15) is 0 Å². The number of benzene rings is 2. The van der Waals surface area contributed by atoms with Crippen molar-refractivity contribution in [2.45, 2.75) is 38.7 Å². The topological polar surface area (TPSA) is 107 Å². The van der Waals surface area contributed by atoms with Crippen LogP contribution in [0.3, 0.4) is 0 Å². The van der Waals surface area contributed by atoms with Crippen LogP contribution in [0.2, 0.25) is 0 Å². The zero-order valence-electron chi connectivity index (χ0n) is 15.6. The zero-order valence-corrected chi connectivity index (χ0v) is 17.2. The lowest BCUT2D eigenvalue weighted by molar-refractivity contribution is -0.384. The summed E-state index contributed by atoms with van der Waals surface area (Å²) in [4.78, 5) is 35.8. The summed E-state index contributed by atoms with van der Waals surface area (Å²) in [5.74, 6) is -2.25. The van der Waals surface area contributed by atoms with Crippen molar-refractivity contribution in [3.63, 3.8) is 0 Å². The van der Waals surface area contributed by atoms with Gasteiger partial charge in [-0.15, -0.1) is 0 Å². The van der Waals surface area contributed by atoms with Gasteiger partial charge in [-0.05, 0) is 44.5 Å². The summed E-state index contributed by atoms with van der Waals surface area (Å²) < 4.78 is 5.91. The number of carbonyl (C=O) groups excluding carboxylic acids is 2. The maximum absolute atomic E-state index is 13.1. The SMILES string of the molecule is CC(C)(C)OC(=O)CC(C(=O)c1cc(Br)ccc1O)c1ccc([N+](=O)[O-])cc1. The van der Waals surface area contributed by atoms with Gasteiger partial charge in [-0.25, -0.2) is 0 Å². The second kappa shape index (κ2) is 8.52. The molecule has 1 N–H and O–H groups in total. The molecule has 148 valence electrons. The summed E-state index contributed by atoms with van der Waals surface area (Å²) in [6.07, 6.45) is -0.264. The molecule has 2 aromatic rings. The summed E-state index contributed by atoms with van der Waals surface area (Å²) in [6.45, 7) is 5.15. The molecule has 0 aliphatic heterocycles. The molecule has 0 heterocycles. The molecule has 0 radical (unpaired) electrons. The number of nitro groups is 1. The van der Waals surface area contributed by atoms with Gasteiger partial charge >= 0.3 is 5.97 Å².